The van der Waals surface area contributed by atoms with Crippen molar-refractivity contribution in [3.05, 3.63) is 54.5 Å². The van der Waals surface area contributed by atoms with Gasteiger partial charge in [-0.15, -0.1) is 0 Å². The second kappa shape index (κ2) is 12.1. The summed E-state index contributed by atoms with van der Waals surface area (Å²) in [7, 11) is 3.77. The number of anilines is 1. The first-order valence-electron chi connectivity index (χ1n) is 11.7. The molecule has 0 radical (unpaired) electrons. The molecule has 0 aromatic carbocycles. The molecule has 1 aliphatic heterocycles. The van der Waals surface area contributed by atoms with Gasteiger partial charge in [-0.3, -0.25) is 9.69 Å². The van der Waals surface area contributed by atoms with Crippen LogP contribution in [0.25, 0.3) is 0 Å². The number of nitrogens with zero attached hydrogens (tertiary/aromatic N) is 4. The van der Waals surface area contributed by atoms with Crippen LogP contribution in [0.1, 0.15) is 42.6 Å². The van der Waals surface area contributed by atoms with Crippen LogP contribution in [0.15, 0.2) is 48.8 Å². The summed E-state index contributed by atoms with van der Waals surface area (Å²) >= 11 is 0. The molecule has 2 aliphatic rings. The zero-order valence-corrected chi connectivity index (χ0v) is 19.9. The third-order valence-electron chi connectivity index (χ3n) is 6.74. The van der Waals surface area contributed by atoms with Gasteiger partial charge in [-0.05, 0) is 43.3 Å². The molecule has 1 unspecified atom stereocenters. The highest BCUT2D eigenvalue weighted by atomic mass is 16.5. The molecule has 180 valence electrons. The van der Waals surface area contributed by atoms with E-state index >= 15 is 0 Å². The molecule has 2 N–H and O–H groups in total. The van der Waals surface area contributed by atoms with Crippen molar-refractivity contribution in [3.8, 4) is 0 Å². The van der Waals surface area contributed by atoms with Crippen molar-refractivity contribution in [2.75, 3.05) is 45.2 Å². The molecule has 1 amide bonds. The van der Waals surface area contributed by atoms with Crippen molar-refractivity contribution in [2.24, 2.45) is 0 Å². The molecule has 0 bridgehead atoms. The van der Waals surface area contributed by atoms with Gasteiger partial charge in [-0.25, -0.2) is 9.97 Å². The maximum absolute atomic E-state index is 12.7. The first-order valence-corrected chi connectivity index (χ1v) is 11.7. The van der Waals surface area contributed by atoms with Gasteiger partial charge in [-0.2, -0.15) is 0 Å². The van der Waals surface area contributed by atoms with Crippen LogP contribution in [-0.4, -0.2) is 84.5 Å². The standard InChI is InChI=1S/C25H37N5O3/c1-5-18-11-12-30(15-19(18)6-2)16-21(31)14-26-25(32)23-13-24(28-17-27-23)29(3)20-7-9-22(33-4)10-8-20/h5-6,13,17,20-22,31H,1-2,7-12,14-16H2,3-4H3,(H,26,32). The Balaban J connectivity index is 1.50. The third-order valence-corrected chi connectivity index (χ3v) is 6.74. The molecule has 1 aromatic rings. The monoisotopic (exact) mass is 455 g/mol. The van der Waals surface area contributed by atoms with Crippen LogP contribution >= 0.6 is 0 Å². The van der Waals surface area contributed by atoms with Gasteiger partial charge in [0.05, 0.1) is 12.2 Å². The average Bonchev–Trinajstić information content (AvgIpc) is 2.86. The number of β-amino-alcohol motifs (C(OH)–C–C–N with tert-alkyl or cyclic N) is 1. The molecule has 3 rings (SSSR count). The van der Waals surface area contributed by atoms with E-state index in [4.69, 9.17) is 4.74 Å². The van der Waals surface area contributed by atoms with Gasteiger partial charge >= 0.3 is 0 Å². The van der Waals surface area contributed by atoms with Crippen molar-refractivity contribution in [1.82, 2.24) is 20.2 Å². The van der Waals surface area contributed by atoms with E-state index in [1.807, 2.05) is 19.2 Å². The normalized spacial score (nSPS) is 22.5. The van der Waals surface area contributed by atoms with Crippen LogP contribution in [0.4, 0.5) is 5.82 Å². The molecule has 2 heterocycles. The Bertz CT molecular complexity index is 863. The highest BCUT2D eigenvalue weighted by Gasteiger charge is 2.25. The summed E-state index contributed by atoms with van der Waals surface area (Å²) in [5, 5.41) is 13.3. The summed E-state index contributed by atoms with van der Waals surface area (Å²) in [6.07, 6.45) is 9.80. The number of methoxy groups -OCH3 is 1. The first-order chi connectivity index (χ1) is 15.9. The number of aliphatic hydroxyl groups is 1. The molecule has 0 saturated heterocycles. The van der Waals surface area contributed by atoms with Crippen molar-refractivity contribution in [2.45, 2.75) is 50.4 Å². The Labute approximate surface area is 197 Å². The van der Waals surface area contributed by atoms with E-state index < -0.39 is 6.10 Å². The minimum Gasteiger partial charge on any atom is -0.390 e. The van der Waals surface area contributed by atoms with Crippen molar-refractivity contribution in [3.63, 3.8) is 0 Å². The van der Waals surface area contributed by atoms with E-state index in [1.54, 1.807) is 13.2 Å². The van der Waals surface area contributed by atoms with Gasteiger partial charge in [0.25, 0.3) is 5.91 Å². The van der Waals surface area contributed by atoms with E-state index in [0.29, 0.717) is 24.4 Å². The molecule has 1 saturated carbocycles. The van der Waals surface area contributed by atoms with Gasteiger partial charge in [0.2, 0.25) is 0 Å². The SMILES string of the molecule is C=CC1=C(C=C)CN(CC(O)CNC(=O)c2cc(N(C)C3CCC(OC)CC3)ncn2)CC1. The Kier molecular flexibility index (Phi) is 9.17. The number of aromatic nitrogens is 2. The molecule has 1 aromatic heterocycles. The fraction of sp³-hybridized carbons (Fsp3) is 0.560. The number of allylic oxidation sites excluding steroid dienone is 1. The van der Waals surface area contributed by atoms with E-state index in [0.717, 1.165) is 56.6 Å². The highest BCUT2D eigenvalue weighted by Crippen LogP contribution is 2.26. The second-order valence-corrected chi connectivity index (χ2v) is 8.85. The van der Waals surface area contributed by atoms with Crippen LogP contribution in [0.5, 0.6) is 0 Å². The molecule has 33 heavy (non-hydrogen) atoms. The van der Waals surface area contributed by atoms with E-state index in [1.165, 1.54) is 11.9 Å². The van der Waals surface area contributed by atoms with E-state index in [9.17, 15) is 9.90 Å². The predicted octanol–water partition coefficient (Wildman–Crippen LogP) is 2.34. The Morgan fingerprint density at radius 2 is 2.03 bits per heavy atom. The summed E-state index contributed by atoms with van der Waals surface area (Å²) < 4.78 is 5.46. The lowest BCUT2D eigenvalue weighted by molar-refractivity contribution is 0.0659. The molecule has 8 nitrogen and oxygen atoms in total. The van der Waals surface area contributed by atoms with Crippen LogP contribution in [0.2, 0.25) is 0 Å². The Hall–Kier alpha value is -2.55. The van der Waals surface area contributed by atoms with Crippen molar-refractivity contribution < 1.29 is 14.6 Å². The number of carbonyl (C=O) groups excluding carboxylic acids is 1. The summed E-state index contributed by atoms with van der Waals surface area (Å²) in [6.45, 7) is 9.94. The number of amides is 1. The summed E-state index contributed by atoms with van der Waals surface area (Å²) in [6, 6.07) is 2.08. The lowest BCUT2D eigenvalue weighted by Gasteiger charge is -2.34. The van der Waals surface area contributed by atoms with Crippen LogP contribution < -0.4 is 10.2 Å². The van der Waals surface area contributed by atoms with Gasteiger partial charge in [0.15, 0.2) is 0 Å². The first kappa shape index (κ1) is 25.1. The molecule has 1 atom stereocenters. The van der Waals surface area contributed by atoms with Crippen molar-refractivity contribution >= 4 is 11.7 Å². The van der Waals surface area contributed by atoms with Crippen LogP contribution in [0, 0.1) is 0 Å². The van der Waals surface area contributed by atoms with E-state index in [-0.39, 0.29) is 12.5 Å². The molecular weight excluding hydrogens is 418 g/mol. The fourth-order valence-electron chi connectivity index (χ4n) is 4.63. The number of hydrogen-bond donors (Lipinski definition) is 2. The van der Waals surface area contributed by atoms with Crippen molar-refractivity contribution in [1.29, 1.82) is 0 Å². The Morgan fingerprint density at radius 1 is 1.30 bits per heavy atom. The van der Waals surface area contributed by atoms with Gasteiger partial charge in [0, 0.05) is 52.4 Å². The summed E-state index contributed by atoms with van der Waals surface area (Å²) in [4.78, 5) is 25.4. The van der Waals surface area contributed by atoms with Gasteiger partial charge < -0.3 is 20.1 Å². The Morgan fingerprint density at radius 3 is 2.70 bits per heavy atom. The molecule has 1 aliphatic carbocycles. The zero-order chi connectivity index (χ0) is 23.8. The smallest absolute Gasteiger partial charge is 0.270 e. The van der Waals surface area contributed by atoms with Crippen LogP contribution in [0.3, 0.4) is 0 Å². The molecular formula is C25H37N5O3. The number of nitrogens with one attached hydrogen (secondary N) is 1. The maximum Gasteiger partial charge on any atom is 0.270 e. The number of carbonyl (C=O) groups is 1. The second-order valence-electron chi connectivity index (χ2n) is 8.85. The fourth-order valence-corrected chi connectivity index (χ4v) is 4.63. The van der Waals surface area contributed by atoms with E-state index in [2.05, 4.69) is 38.2 Å². The zero-order valence-electron chi connectivity index (χ0n) is 19.9. The topological polar surface area (TPSA) is 90.8 Å². The number of rotatable bonds is 10. The number of aliphatic hydroxyl groups excluding tert-OH is 1. The van der Waals surface area contributed by atoms with Gasteiger partial charge in [0.1, 0.15) is 17.8 Å². The summed E-state index contributed by atoms with van der Waals surface area (Å²) in [5.41, 5.74) is 2.65. The number of ether oxygens (including phenoxy) is 1. The quantitative estimate of drug-likeness (QED) is 0.560. The molecule has 8 heteroatoms. The van der Waals surface area contributed by atoms with Gasteiger partial charge in [-0.1, -0.05) is 25.3 Å². The lowest BCUT2D eigenvalue weighted by Crippen LogP contribution is -2.42. The largest absolute Gasteiger partial charge is 0.390 e. The predicted molar refractivity (Wildman–Crippen MR) is 130 cm³/mol. The molecule has 0 spiro atoms. The third kappa shape index (κ3) is 6.72. The maximum atomic E-state index is 12.7. The highest BCUT2D eigenvalue weighted by molar-refractivity contribution is 5.92. The van der Waals surface area contributed by atoms with Crippen LogP contribution in [-0.2, 0) is 4.74 Å². The molecule has 1 fully saturated rings. The minimum absolute atomic E-state index is 0.160. The average molecular weight is 456 g/mol. The minimum atomic E-state index is -0.676. The number of hydrogen-bond acceptors (Lipinski definition) is 7. The summed E-state index contributed by atoms with van der Waals surface area (Å²) in [5.74, 6) is 0.417. The lowest BCUT2D eigenvalue weighted by atomic mass is 9.92.